The molecule has 0 aromatic carbocycles. The Hall–Kier alpha value is -0.260. The molecule has 0 fully saturated rings. The summed E-state index contributed by atoms with van der Waals surface area (Å²) in [5.74, 6) is 0.548. The lowest BCUT2D eigenvalue weighted by Gasteiger charge is -2.22. The molecule has 0 saturated carbocycles. The zero-order valence-corrected chi connectivity index (χ0v) is 8.35. The van der Waals surface area contributed by atoms with Crippen LogP contribution >= 0.6 is 0 Å². The molecule has 0 nitrogen and oxygen atoms in total. The summed E-state index contributed by atoms with van der Waals surface area (Å²) in [5, 5.41) is 0. The Balaban J connectivity index is 3.89. The van der Waals surface area contributed by atoms with E-state index in [0.717, 1.165) is 6.42 Å². The molecule has 1 radical (unpaired) electrons. The SMILES string of the molecule is [CH2]C(C)CC(C)(C)/C=C/CC. The highest BCUT2D eigenvalue weighted by Crippen LogP contribution is 2.26. The number of hydrogen-bond donors (Lipinski definition) is 0. The van der Waals surface area contributed by atoms with Gasteiger partial charge in [-0.15, -0.1) is 0 Å². The fourth-order valence-electron chi connectivity index (χ4n) is 1.40. The van der Waals surface area contributed by atoms with Crippen molar-refractivity contribution in [3.63, 3.8) is 0 Å². The molecule has 0 aliphatic heterocycles. The highest BCUT2D eigenvalue weighted by Gasteiger charge is 2.14. The van der Waals surface area contributed by atoms with Gasteiger partial charge >= 0.3 is 0 Å². The standard InChI is InChI=1S/C11H21/c1-6-7-8-11(4,5)9-10(2)3/h7-8,10H,2,6,9H2,1,3-5H3/b8-7+. The van der Waals surface area contributed by atoms with Crippen molar-refractivity contribution >= 4 is 0 Å². The molecule has 0 aliphatic carbocycles. The van der Waals surface area contributed by atoms with Gasteiger partial charge in [-0.1, -0.05) is 46.8 Å². The van der Waals surface area contributed by atoms with E-state index in [-0.39, 0.29) is 0 Å². The van der Waals surface area contributed by atoms with Gasteiger partial charge in [-0.25, -0.2) is 0 Å². The third-order valence-electron chi connectivity index (χ3n) is 1.68. The van der Waals surface area contributed by atoms with Crippen molar-refractivity contribution in [2.75, 3.05) is 0 Å². The van der Waals surface area contributed by atoms with Gasteiger partial charge in [0.2, 0.25) is 0 Å². The molecule has 0 heteroatoms. The number of allylic oxidation sites excluding steroid dienone is 2. The molecule has 0 heterocycles. The van der Waals surface area contributed by atoms with E-state index in [9.17, 15) is 0 Å². The van der Waals surface area contributed by atoms with Gasteiger partial charge in [0.15, 0.2) is 0 Å². The molecular weight excluding hydrogens is 132 g/mol. The summed E-state index contributed by atoms with van der Waals surface area (Å²) in [7, 11) is 0. The Morgan fingerprint density at radius 3 is 2.36 bits per heavy atom. The average Bonchev–Trinajstić information content (AvgIpc) is 1.81. The molecular formula is C11H21. The van der Waals surface area contributed by atoms with Crippen molar-refractivity contribution in [1.29, 1.82) is 0 Å². The van der Waals surface area contributed by atoms with Gasteiger partial charge in [-0.2, -0.15) is 0 Å². The normalized spacial score (nSPS) is 13.3. The predicted octanol–water partition coefficient (Wildman–Crippen LogP) is 3.84. The van der Waals surface area contributed by atoms with Crippen LogP contribution in [-0.4, -0.2) is 0 Å². The summed E-state index contributed by atoms with van der Waals surface area (Å²) in [6, 6.07) is 0. The second-order valence-corrected chi connectivity index (χ2v) is 4.11. The third kappa shape index (κ3) is 6.15. The van der Waals surface area contributed by atoms with Crippen LogP contribution < -0.4 is 0 Å². The van der Waals surface area contributed by atoms with Crippen molar-refractivity contribution in [1.82, 2.24) is 0 Å². The van der Waals surface area contributed by atoms with Crippen molar-refractivity contribution in [3.05, 3.63) is 19.1 Å². The van der Waals surface area contributed by atoms with Gasteiger partial charge in [-0.3, -0.25) is 0 Å². The van der Waals surface area contributed by atoms with Gasteiger partial charge in [0, 0.05) is 0 Å². The first kappa shape index (κ1) is 10.7. The molecule has 0 amide bonds. The van der Waals surface area contributed by atoms with E-state index in [4.69, 9.17) is 0 Å². The zero-order chi connectivity index (χ0) is 8.91. The third-order valence-corrected chi connectivity index (χ3v) is 1.68. The van der Waals surface area contributed by atoms with Crippen LogP contribution in [0.15, 0.2) is 12.2 Å². The fraction of sp³-hybridized carbons (Fsp3) is 0.727. The van der Waals surface area contributed by atoms with E-state index in [0.29, 0.717) is 11.3 Å². The van der Waals surface area contributed by atoms with E-state index in [1.165, 1.54) is 6.42 Å². The van der Waals surface area contributed by atoms with Crippen molar-refractivity contribution in [2.24, 2.45) is 11.3 Å². The van der Waals surface area contributed by atoms with Gasteiger partial charge in [0.25, 0.3) is 0 Å². The van der Waals surface area contributed by atoms with E-state index in [1.807, 2.05) is 0 Å². The van der Waals surface area contributed by atoms with E-state index in [2.05, 4.69) is 46.8 Å². The lowest BCUT2D eigenvalue weighted by atomic mass is 9.83. The summed E-state index contributed by atoms with van der Waals surface area (Å²) in [4.78, 5) is 0. The van der Waals surface area contributed by atoms with Crippen LogP contribution in [0.2, 0.25) is 0 Å². The molecule has 0 rings (SSSR count). The zero-order valence-electron chi connectivity index (χ0n) is 8.35. The minimum Gasteiger partial charge on any atom is -0.0883 e. The van der Waals surface area contributed by atoms with Crippen molar-refractivity contribution < 1.29 is 0 Å². The Labute approximate surface area is 71.7 Å². The second-order valence-electron chi connectivity index (χ2n) is 4.11. The highest BCUT2D eigenvalue weighted by atomic mass is 14.2. The number of rotatable bonds is 4. The van der Waals surface area contributed by atoms with E-state index < -0.39 is 0 Å². The van der Waals surface area contributed by atoms with Gasteiger partial charge < -0.3 is 0 Å². The predicted molar refractivity (Wildman–Crippen MR) is 52.4 cm³/mol. The van der Waals surface area contributed by atoms with Gasteiger partial charge in [-0.05, 0) is 24.2 Å². The van der Waals surface area contributed by atoms with Crippen molar-refractivity contribution in [2.45, 2.75) is 40.5 Å². The second kappa shape index (κ2) is 4.58. The fourth-order valence-corrected chi connectivity index (χ4v) is 1.40. The van der Waals surface area contributed by atoms with Crippen LogP contribution in [0.5, 0.6) is 0 Å². The minimum absolute atomic E-state index is 0.331. The minimum atomic E-state index is 0.331. The maximum atomic E-state index is 4.00. The smallest absolute Gasteiger partial charge is 0.0172 e. The molecule has 11 heavy (non-hydrogen) atoms. The molecule has 0 aromatic heterocycles. The lowest BCUT2D eigenvalue weighted by molar-refractivity contribution is 0.384. The van der Waals surface area contributed by atoms with E-state index >= 15 is 0 Å². The Morgan fingerprint density at radius 2 is 2.00 bits per heavy atom. The molecule has 0 spiro atoms. The summed E-state index contributed by atoms with van der Waals surface area (Å²) in [5.41, 5.74) is 0.331. The first-order chi connectivity index (χ1) is 4.98. The molecule has 0 N–H and O–H groups in total. The maximum absolute atomic E-state index is 4.00. The van der Waals surface area contributed by atoms with E-state index in [1.54, 1.807) is 0 Å². The molecule has 0 bridgehead atoms. The van der Waals surface area contributed by atoms with Crippen LogP contribution in [0.3, 0.4) is 0 Å². The van der Waals surface area contributed by atoms with Crippen LogP contribution in [-0.2, 0) is 0 Å². The summed E-state index contributed by atoms with van der Waals surface area (Å²) in [6.07, 6.45) is 6.84. The maximum Gasteiger partial charge on any atom is -0.0172 e. The average molecular weight is 153 g/mol. The molecule has 0 aliphatic rings. The monoisotopic (exact) mass is 153 g/mol. The Morgan fingerprint density at radius 1 is 1.45 bits per heavy atom. The van der Waals surface area contributed by atoms with Crippen LogP contribution in [0.25, 0.3) is 0 Å². The van der Waals surface area contributed by atoms with Gasteiger partial charge in [0.05, 0.1) is 0 Å². The molecule has 0 saturated heterocycles. The van der Waals surface area contributed by atoms with Crippen LogP contribution in [0.4, 0.5) is 0 Å². The van der Waals surface area contributed by atoms with Gasteiger partial charge in [0.1, 0.15) is 0 Å². The lowest BCUT2D eigenvalue weighted by Crippen LogP contribution is -2.10. The van der Waals surface area contributed by atoms with Crippen LogP contribution in [0.1, 0.15) is 40.5 Å². The summed E-state index contributed by atoms with van der Waals surface area (Å²) < 4.78 is 0. The van der Waals surface area contributed by atoms with Crippen LogP contribution in [0, 0.1) is 18.3 Å². The Kier molecular flexibility index (Phi) is 4.48. The van der Waals surface area contributed by atoms with Crippen molar-refractivity contribution in [3.8, 4) is 0 Å². The summed E-state index contributed by atoms with van der Waals surface area (Å²) in [6.45, 7) is 12.9. The summed E-state index contributed by atoms with van der Waals surface area (Å²) >= 11 is 0. The topological polar surface area (TPSA) is 0 Å². The molecule has 1 atom stereocenters. The first-order valence-electron chi connectivity index (χ1n) is 4.48. The molecule has 65 valence electrons. The molecule has 1 unspecified atom stereocenters. The first-order valence-corrected chi connectivity index (χ1v) is 4.48. The Bertz CT molecular complexity index is 118. The molecule has 0 aromatic rings. The quantitative estimate of drug-likeness (QED) is 0.538. The largest absolute Gasteiger partial charge is 0.0883 e. The number of hydrogen-bond acceptors (Lipinski definition) is 0. The highest BCUT2D eigenvalue weighted by molar-refractivity contribution is 4.94.